The normalized spacial score (nSPS) is 10.9. The van der Waals surface area contributed by atoms with E-state index in [1.165, 1.54) is 0 Å². The first-order valence-electron chi connectivity index (χ1n) is 6.80. The predicted octanol–water partition coefficient (Wildman–Crippen LogP) is 3.31. The number of amides is 2. The molecule has 114 valence electrons. The molecule has 0 fully saturated rings. The summed E-state index contributed by atoms with van der Waals surface area (Å²) in [6.07, 6.45) is 2.59. The lowest BCUT2D eigenvalue weighted by Crippen LogP contribution is -2.43. The second-order valence-corrected chi connectivity index (χ2v) is 4.82. The van der Waals surface area contributed by atoms with Crippen LogP contribution in [0.25, 0.3) is 0 Å². The molecule has 0 spiro atoms. The number of nitrogens with one attached hydrogen (secondary N) is 3. The van der Waals surface area contributed by atoms with Crippen LogP contribution in [-0.2, 0) is 0 Å². The molecule has 3 N–H and O–H groups in total. The molecule has 21 heavy (non-hydrogen) atoms. The van der Waals surface area contributed by atoms with Crippen molar-refractivity contribution in [2.24, 2.45) is 4.99 Å². The molecule has 0 radical (unpaired) electrons. The molecule has 0 aliphatic carbocycles. The van der Waals surface area contributed by atoms with Crippen molar-refractivity contribution in [1.29, 1.82) is 0 Å². The SMILES string of the molecule is C=CCNC(=NCCC)NC(=O)Nc1c(C)cccc1Cl. The van der Waals surface area contributed by atoms with E-state index in [2.05, 4.69) is 27.5 Å². The third kappa shape index (κ3) is 5.87. The van der Waals surface area contributed by atoms with Crippen molar-refractivity contribution >= 4 is 29.3 Å². The number of aliphatic imine (C=N–C) groups is 1. The second-order valence-electron chi connectivity index (χ2n) is 4.41. The van der Waals surface area contributed by atoms with Gasteiger partial charge in [-0.2, -0.15) is 0 Å². The Morgan fingerprint density at radius 1 is 1.48 bits per heavy atom. The molecule has 0 bridgehead atoms. The Labute approximate surface area is 130 Å². The van der Waals surface area contributed by atoms with Crippen LogP contribution in [0.4, 0.5) is 10.5 Å². The van der Waals surface area contributed by atoms with Crippen molar-refractivity contribution in [1.82, 2.24) is 10.6 Å². The third-order valence-corrected chi connectivity index (χ3v) is 2.91. The number of rotatable bonds is 5. The van der Waals surface area contributed by atoms with E-state index >= 15 is 0 Å². The van der Waals surface area contributed by atoms with Crippen LogP contribution in [0.3, 0.4) is 0 Å². The Kier molecular flexibility index (Phi) is 7.32. The first-order valence-corrected chi connectivity index (χ1v) is 7.18. The van der Waals surface area contributed by atoms with E-state index in [0.29, 0.717) is 29.8 Å². The van der Waals surface area contributed by atoms with Crippen molar-refractivity contribution in [3.8, 4) is 0 Å². The van der Waals surface area contributed by atoms with Gasteiger partial charge in [0.2, 0.25) is 0 Å². The minimum Gasteiger partial charge on any atom is -0.353 e. The van der Waals surface area contributed by atoms with Crippen molar-refractivity contribution in [3.05, 3.63) is 41.4 Å². The van der Waals surface area contributed by atoms with Gasteiger partial charge in [-0.1, -0.05) is 36.7 Å². The largest absolute Gasteiger partial charge is 0.353 e. The van der Waals surface area contributed by atoms with Gasteiger partial charge in [0.15, 0.2) is 5.96 Å². The number of aryl methyl sites for hydroxylation is 1. The van der Waals surface area contributed by atoms with E-state index < -0.39 is 6.03 Å². The summed E-state index contributed by atoms with van der Waals surface area (Å²) in [5.41, 5.74) is 1.49. The molecule has 0 saturated heterocycles. The molecule has 0 aromatic heterocycles. The quantitative estimate of drug-likeness (QED) is 0.444. The summed E-state index contributed by atoms with van der Waals surface area (Å²) in [6, 6.07) is 5.05. The van der Waals surface area contributed by atoms with E-state index in [-0.39, 0.29) is 0 Å². The minimum absolute atomic E-state index is 0.391. The molecule has 1 aromatic carbocycles. The van der Waals surface area contributed by atoms with E-state index in [1.807, 2.05) is 26.0 Å². The average Bonchev–Trinajstić information content (AvgIpc) is 2.46. The van der Waals surface area contributed by atoms with Crippen molar-refractivity contribution in [2.75, 3.05) is 18.4 Å². The zero-order chi connectivity index (χ0) is 15.7. The van der Waals surface area contributed by atoms with E-state index in [4.69, 9.17) is 11.6 Å². The number of hydrogen-bond donors (Lipinski definition) is 3. The fourth-order valence-corrected chi connectivity index (χ4v) is 1.84. The molecule has 1 rings (SSSR count). The Morgan fingerprint density at radius 2 is 2.24 bits per heavy atom. The van der Waals surface area contributed by atoms with Gasteiger partial charge >= 0.3 is 6.03 Å². The predicted molar refractivity (Wildman–Crippen MR) is 89.1 cm³/mol. The number of carbonyl (C=O) groups is 1. The lowest BCUT2D eigenvalue weighted by atomic mass is 10.2. The first kappa shape index (κ1) is 17.0. The third-order valence-electron chi connectivity index (χ3n) is 2.60. The lowest BCUT2D eigenvalue weighted by molar-refractivity contribution is 0.256. The van der Waals surface area contributed by atoms with Crippen molar-refractivity contribution in [2.45, 2.75) is 20.3 Å². The lowest BCUT2D eigenvalue weighted by Gasteiger charge is -2.13. The number of para-hydroxylation sites is 1. The van der Waals surface area contributed by atoms with Crippen LogP contribution in [0, 0.1) is 6.92 Å². The number of nitrogens with zero attached hydrogens (tertiary/aromatic N) is 1. The fraction of sp³-hybridized carbons (Fsp3) is 0.333. The van der Waals surface area contributed by atoms with Gasteiger partial charge in [0.25, 0.3) is 0 Å². The van der Waals surface area contributed by atoms with Gasteiger partial charge in [0.1, 0.15) is 0 Å². The summed E-state index contributed by atoms with van der Waals surface area (Å²) < 4.78 is 0. The number of urea groups is 1. The molecule has 1 aromatic rings. The molecule has 0 aliphatic rings. The highest BCUT2D eigenvalue weighted by molar-refractivity contribution is 6.34. The van der Waals surface area contributed by atoms with Crippen LogP contribution >= 0.6 is 11.6 Å². The molecule has 6 heteroatoms. The Bertz CT molecular complexity index is 508. The zero-order valence-electron chi connectivity index (χ0n) is 12.4. The molecule has 5 nitrogen and oxygen atoms in total. The maximum atomic E-state index is 12.0. The highest BCUT2D eigenvalue weighted by Crippen LogP contribution is 2.24. The summed E-state index contributed by atoms with van der Waals surface area (Å²) in [5, 5.41) is 8.88. The summed E-state index contributed by atoms with van der Waals surface area (Å²) in [5.74, 6) is 0.416. The van der Waals surface area contributed by atoms with Gasteiger partial charge in [-0.05, 0) is 25.0 Å². The van der Waals surface area contributed by atoms with Gasteiger partial charge in [-0.15, -0.1) is 6.58 Å². The number of benzene rings is 1. The van der Waals surface area contributed by atoms with E-state index in [9.17, 15) is 4.79 Å². The number of hydrogen-bond acceptors (Lipinski definition) is 2. The second kappa shape index (κ2) is 9.02. The summed E-state index contributed by atoms with van der Waals surface area (Å²) in [4.78, 5) is 16.3. The maximum Gasteiger partial charge on any atom is 0.326 e. The highest BCUT2D eigenvalue weighted by atomic mass is 35.5. The Balaban J connectivity index is 2.71. The van der Waals surface area contributed by atoms with E-state index in [0.717, 1.165) is 12.0 Å². The smallest absolute Gasteiger partial charge is 0.326 e. The highest BCUT2D eigenvalue weighted by Gasteiger charge is 2.09. The number of halogens is 1. The summed E-state index contributed by atoms with van der Waals surface area (Å²) in [7, 11) is 0. The van der Waals surface area contributed by atoms with Crippen molar-refractivity contribution < 1.29 is 4.79 Å². The summed E-state index contributed by atoms with van der Waals surface area (Å²) >= 11 is 6.08. The van der Waals surface area contributed by atoms with Gasteiger partial charge in [0.05, 0.1) is 10.7 Å². The van der Waals surface area contributed by atoms with Gasteiger partial charge in [0, 0.05) is 13.1 Å². The van der Waals surface area contributed by atoms with Gasteiger partial charge < -0.3 is 10.6 Å². The van der Waals surface area contributed by atoms with Gasteiger partial charge in [-0.25, -0.2) is 4.79 Å². The molecule has 0 unspecified atom stereocenters. The molecule has 0 atom stereocenters. The van der Waals surface area contributed by atoms with Crippen LogP contribution in [0.15, 0.2) is 35.8 Å². The van der Waals surface area contributed by atoms with Crippen LogP contribution in [0.1, 0.15) is 18.9 Å². The number of guanidine groups is 1. The van der Waals surface area contributed by atoms with Crippen LogP contribution < -0.4 is 16.0 Å². The topological polar surface area (TPSA) is 65.5 Å². The van der Waals surface area contributed by atoms with Crippen LogP contribution in [0.5, 0.6) is 0 Å². The Hall–Kier alpha value is -2.01. The molecule has 0 aliphatic heterocycles. The summed E-state index contributed by atoms with van der Waals surface area (Å²) in [6.45, 7) is 8.67. The van der Waals surface area contributed by atoms with Crippen molar-refractivity contribution in [3.63, 3.8) is 0 Å². The molecular formula is C15H21ClN4O. The molecular weight excluding hydrogens is 288 g/mol. The van der Waals surface area contributed by atoms with Gasteiger partial charge in [-0.3, -0.25) is 10.3 Å². The minimum atomic E-state index is -0.391. The van der Waals surface area contributed by atoms with E-state index in [1.54, 1.807) is 12.1 Å². The van der Waals surface area contributed by atoms with Crippen LogP contribution in [-0.4, -0.2) is 25.1 Å². The van der Waals surface area contributed by atoms with Crippen LogP contribution in [0.2, 0.25) is 5.02 Å². The molecule has 0 heterocycles. The molecule has 0 saturated carbocycles. The monoisotopic (exact) mass is 308 g/mol. The maximum absolute atomic E-state index is 12.0. The zero-order valence-corrected chi connectivity index (χ0v) is 13.1. The Morgan fingerprint density at radius 3 is 2.86 bits per heavy atom. The number of anilines is 1. The fourth-order valence-electron chi connectivity index (χ4n) is 1.57. The first-order chi connectivity index (χ1) is 10.1. The molecule has 2 amide bonds. The number of carbonyl (C=O) groups excluding carboxylic acids is 1. The average molecular weight is 309 g/mol. The standard InChI is InChI=1S/C15H21ClN4O/c1-4-9-17-14(18-10-5-2)20-15(21)19-13-11(3)7-6-8-12(13)16/h4,6-8H,1,5,9-10H2,2-3H3,(H3,17,18,19,20,21).